The molecule has 0 bridgehead atoms. The van der Waals surface area contributed by atoms with E-state index in [1.165, 1.54) is 44.5 Å². The first-order chi connectivity index (χ1) is 17.7. The lowest BCUT2D eigenvalue weighted by atomic mass is 9.83. The van der Waals surface area contributed by atoms with Crippen LogP contribution in [-0.2, 0) is 22.7 Å². The van der Waals surface area contributed by atoms with Crippen LogP contribution in [0, 0.1) is 13.8 Å². The van der Waals surface area contributed by atoms with Crippen molar-refractivity contribution in [3.05, 3.63) is 118 Å². The monoisotopic (exact) mass is 474 g/mol. The van der Waals surface area contributed by atoms with Crippen LogP contribution in [0.15, 0.2) is 73.2 Å². The van der Waals surface area contributed by atoms with Gasteiger partial charge in [0.2, 0.25) is 0 Å². The molecule has 0 saturated heterocycles. The Bertz CT molecular complexity index is 1430. The van der Waals surface area contributed by atoms with Crippen LogP contribution in [0.4, 0.5) is 0 Å². The fourth-order valence-corrected chi connectivity index (χ4v) is 5.59. The van der Waals surface area contributed by atoms with Gasteiger partial charge in [-0.3, -0.25) is 0 Å². The molecule has 4 heterocycles. The van der Waals surface area contributed by atoms with Crippen LogP contribution in [0.5, 0.6) is 11.5 Å². The lowest BCUT2D eigenvalue weighted by Crippen LogP contribution is -2.17. The number of aryl methyl sites for hydroxylation is 2. The minimum Gasteiger partial charge on any atom is -0.464 e. The molecule has 0 atom stereocenters. The van der Waals surface area contributed by atoms with Gasteiger partial charge in [-0.1, -0.05) is 23.3 Å². The number of benzene rings is 3. The highest BCUT2D eigenvalue weighted by Crippen LogP contribution is 2.44. The molecule has 4 aliphatic heterocycles. The van der Waals surface area contributed by atoms with E-state index in [1.54, 1.807) is 12.5 Å². The largest absolute Gasteiger partial charge is 0.464 e. The van der Waals surface area contributed by atoms with Gasteiger partial charge in [-0.2, -0.15) is 0 Å². The molecule has 0 aromatic heterocycles. The minimum atomic E-state index is 0.570. The molecular weight excluding hydrogens is 448 g/mol. The number of allylic oxidation sites excluding steroid dienone is 4. The van der Waals surface area contributed by atoms with Gasteiger partial charge in [-0.15, -0.1) is 0 Å². The maximum atomic E-state index is 6.14. The summed E-state index contributed by atoms with van der Waals surface area (Å²) in [5, 5.41) is 0. The summed E-state index contributed by atoms with van der Waals surface area (Å²) >= 11 is 0. The molecule has 0 amide bonds. The number of hydrogen-bond donors (Lipinski definition) is 0. The van der Waals surface area contributed by atoms with Crippen molar-refractivity contribution in [3.63, 3.8) is 0 Å². The van der Waals surface area contributed by atoms with Gasteiger partial charge in [0.05, 0.1) is 39.0 Å². The molecular formula is C32H26O4. The van der Waals surface area contributed by atoms with Crippen LogP contribution in [-0.4, -0.2) is 13.2 Å². The van der Waals surface area contributed by atoms with Gasteiger partial charge in [0, 0.05) is 11.1 Å². The first-order valence-corrected chi connectivity index (χ1v) is 12.3. The SMILES string of the molecule is Cc1ccc2c(c1)/C(=C1\COCc3cc4c(cc31)COC/C4=C1\C=COc3ccc(C)cc31)C=CO2. The van der Waals surface area contributed by atoms with Crippen molar-refractivity contribution < 1.29 is 18.9 Å². The molecule has 0 aliphatic carbocycles. The number of hydrogen-bond acceptors (Lipinski definition) is 4. The van der Waals surface area contributed by atoms with E-state index in [4.69, 9.17) is 18.9 Å². The van der Waals surface area contributed by atoms with Crippen molar-refractivity contribution in [2.45, 2.75) is 27.1 Å². The Morgan fingerprint density at radius 2 is 1.00 bits per heavy atom. The topological polar surface area (TPSA) is 36.9 Å². The Kier molecular flexibility index (Phi) is 4.98. The Morgan fingerprint density at radius 3 is 1.47 bits per heavy atom. The average Bonchev–Trinajstić information content (AvgIpc) is 2.90. The zero-order chi connectivity index (χ0) is 24.2. The smallest absolute Gasteiger partial charge is 0.134 e. The Balaban J connectivity index is 1.41. The molecule has 0 N–H and O–H groups in total. The molecule has 0 saturated carbocycles. The minimum absolute atomic E-state index is 0.570. The van der Waals surface area contributed by atoms with E-state index in [-0.39, 0.29) is 0 Å². The van der Waals surface area contributed by atoms with Crippen molar-refractivity contribution in [1.29, 1.82) is 0 Å². The van der Waals surface area contributed by atoms with Crippen molar-refractivity contribution >= 4 is 22.3 Å². The van der Waals surface area contributed by atoms with E-state index in [9.17, 15) is 0 Å². The summed E-state index contributed by atoms with van der Waals surface area (Å²) in [6.07, 6.45) is 7.67. The highest BCUT2D eigenvalue weighted by molar-refractivity contribution is 6.02. The lowest BCUT2D eigenvalue weighted by Gasteiger charge is -2.29. The van der Waals surface area contributed by atoms with Crippen LogP contribution in [0.25, 0.3) is 22.3 Å². The van der Waals surface area contributed by atoms with Crippen molar-refractivity contribution in [3.8, 4) is 11.5 Å². The maximum Gasteiger partial charge on any atom is 0.134 e. The van der Waals surface area contributed by atoms with Gasteiger partial charge in [-0.25, -0.2) is 0 Å². The summed E-state index contributed by atoms with van der Waals surface area (Å²) in [6.45, 7) is 6.55. The van der Waals surface area contributed by atoms with Gasteiger partial charge >= 0.3 is 0 Å². The Labute approximate surface area is 210 Å². The standard InChI is InChI=1S/C32H26O4/c1-19-3-5-31-27(11-19)23(7-9-35-31)29-17-33-15-21-14-26-22(13-25(21)29)16-34-18-30(26)24-8-10-36-32-6-4-20(2)12-28(24)32/h3-14H,15-18H2,1-2H3/b29-23-,30-24+. The summed E-state index contributed by atoms with van der Waals surface area (Å²) in [7, 11) is 0. The quantitative estimate of drug-likeness (QED) is 0.352. The second-order valence-electron chi connectivity index (χ2n) is 9.78. The first kappa shape index (κ1) is 21.4. The molecule has 178 valence electrons. The molecule has 0 spiro atoms. The van der Waals surface area contributed by atoms with Crippen molar-refractivity contribution in [1.82, 2.24) is 0 Å². The Morgan fingerprint density at radius 1 is 0.528 bits per heavy atom. The summed E-state index contributed by atoms with van der Waals surface area (Å²) in [5.41, 5.74) is 14.2. The number of rotatable bonds is 0. The molecule has 7 rings (SSSR count). The molecule has 36 heavy (non-hydrogen) atoms. The summed E-state index contributed by atoms with van der Waals surface area (Å²) in [6, 6.07) is 17.3. The van der Waals surface area contributed by atoms with Gasteiger partial charge in [0.25, 0.3) is 0 Å². The molecule has 3 aromatic rings. The fourth-order valence-electron chi connectivity index (χ4n) is 5.59. The summed E-state index contributed by atoms with van der Waals surface area (Å²) in [4.78, 5) is 0. The second kappa shape index (κ2) is 8.37. The van der Waals surface area contributed by atoms with E-state index in [2.05, 4.69) is 62.4 Å². The van der Waals surface area contributed by atoms with Crippen molar-refractivity contribution in [2.75, 3.05) is 13.2 Å². The second-order valence-corrected chi connectivity index (χ2v) is 9.78. The van der Waals surface area contributed by atoms with Gasteiger partial charge in [0.1, 0.15) is 11.5 Å². The molecule has 4 heteroatoms. The van der Waals surface area contributed by atoms with E-state index < -0.39 is 0 Å². The van der Waals surface area contributed by atoms with E-state index in [1.807, 2.05) is 12.1 Å². The summed E-state index contributed by atoms with van der Waals surface area (Å²) in [5.74, 6) is 1.76. The van der Waals surface area contributed by atoms with Crippen LogP contribution >= 0.6 is 0 Å². The fraction of sp³-hybridized carbons (Fsp3) is 0.188. The highest BCUT2D eigenvalue weighted by atomic mass is 16.5. The molecule has 4 nitrogen and oxygen atoms in total. The summed E-state index contributed by atoms with van der Waals surface area (Å²) < 4.78 is 23.9. The van der Waals surface area contributed by atoms with Gasteiger partial charge < -0.3 is 18.9 Å². The maximum absolute atomic E-state index is 6.14. The van der Waals surface area contributed by atoms with Crippen LogP contribution in [0.3, 0.4) is 0 Å². The van der Waals surface area contributed by atoms with Gasteiger partial charge in [-0.05, 0) is 107 Å². The average molecular weight is 475 g/mol. The predicted octanol–water partition coefficient (Wildman–Crippen LogP) is 7.00. The van der Waals surface area contributed by atoms with Crippen LogP contribution in [0.2, 0.25) is 0 Å². The lowest BCUT2D eigenvalue weighted by molar-refractivity contribution is 0.142. The van der Waals surface area contributed by atoms with E-state index >= 15 is 0 Å². The van der Waals surface area contributed by atoms with E-state index in [0.717, 1.165) is 33.8 Å². The Hall–Kier alpha value is -3.86. The molecule has 4 aliphatic rings. The third kappa shape index (κ3) is 3.45. The van der Waals surface area contributed by atoms with Crippen LogP contribution < -0.4 is 9.47 Å². The normalized spacial score (nSPS) is 21.6. The predicted molar refractivity (Wildman–Crippen MR) is 141 cm³/mol. The first-order valence-electron chi connectivity index (χ1n) is 12.3. The molecule has 3 aromatic carbocycles. The zero-order valence-corrected chi connectivity index (χ0v) is 20.4. The highest BCUT2D eigenvalue weighted by Gasteiger charge is 2.27. The number of ether oxygens (including phenoxy) is 4. The third-order valence-electron chi connectivity index (χ3n) is 7.35. The van der Waals surface area contributed by atoms with Crippen molar-refractivity contribution in [2.24, 2.45) is 0 Å². The molecule has 0 radical (unpaired) electrons. The zero-order valence-electron chi connectivity index (χ0n) is 20.4. The molecule has 0 fully saturated rings. The third-order valence-corrected chi connectivity index (χ3v) is 7.35. The van der Waals surface area contributed by atoms with E-state index in [0.29, 0.717) is 26.4 Å². The molecule has 0 unspecified atom stereocenters. The van der Waals surface area contributed by atoms with Crippen LogP contribution in [0.1, 0.15) is 44.5 Å². The number of fused-ring (bicyclic) bond motifs is 4. The van der Waals surface area contributed by atoms with Gasteiger partial charge in [0.15, 0.2) is 0 Å².